The van der Waals surface area contributed by atoms with Crippen LogP contribution in [0.2, 0.25) is 5.02 Å². The molecule has 0 amide bonds. The Bertz CT molecular complexity index is 407. The van der Waals surface area contributed by atoms with Gasteiger partial charge >= 0.3 is 5.97 Å². The normalized spacial score (nSPS) is 10.7. The maximum atomic E-state index is 10.7. The lowest BCUT2D eigenvalue weighted by molar-refractivity contribution is 0.0697. The monoisotopic (exact) mass is 271 g/mol. The molecule has 0 fully saturated rings. The third kappa shape index (κ3) is 4.94. The van der Waals surface area contributed by atoms with E-state index in [0.717, 1.165) is 12.3 Å². The fourth-order valence-electron chi connectivity index (χ4n) is 1.37. The molecular formula is C13H18ClNO3. The van der Waals surface area contributed by atoms with Crippen LogP contribution in [0.25, 0.3) is 0 Å². The maximum absolute atomic E-state index is 10.7. The molecule has 0 aliphatic carbocycles. The number of anilines is 1. The Morgan fingerprint density at radius 1 is 1.50 bits per heavy atom. The molecule has 4 nitrogen and oxygen atoms in total. The van der Waals surface area contributed by atoms with E-state index in [1.807, 2.05) is 0 Å². The molecule has 0 aromatic heterocycles. The van der Waals surface area contributed by atoms with Gasteiger partial charge in [-0.2, -0.15) is 0 Å². The van der Waals surface area contributed by atoms with Gasteiger partial charge in [0.05, 0.1) is 22.9 Å². The maximum Gasteiger partial charge on any atom is 0.335 e. The predicted octanol–water partition coefficient (Wildman–Crippen LogP) is 3.12. The van der Waals surface area contributed by atoms with Crippen molar-refractivity contribution in [2.75, 3.05) is 25.1 Å². The molecule has 18 heavy (non-hydrogen) atoms. The van der Waals surface area contributed by atoms with Crippen molar-refractivity contribution < 1.29 is 14.6 Å². The van der Waals surface area contributed by atoms with Gasteiger partial charge in [0.25, 0.3) is 0 Å². The second-order valence-corrected chi connectivity index (χ2v) is 4.80. The number of aromatic carboxylic acids is 1. The molecule has 0 saturated heterocycles. The molecule has 1 aromatic rings. The fraction of sp³-hybridized carbons (Fsp3) is 0.462. The summed E-state index contributed by atoms with van der Waals surface area (Å²) in [5.41, 5.74) is 0.899. The summed E-state index contributed by atoms with van der Waals surface area (Å²) in [4.78, 5) is 10.7. The lowest BCUT2D eigenvalue weighted by Crippen LogP contribution is -2.12. The van der Waals surface area contributed by atoms with Crippen molar-refractivity contribution in [2.24, 2.45) is 5.92 Å². The Labute approximate surface area is 112 Å². The third-order valence-electron chi connectivity index (χ3n) is 2.23. The number of rotatable bonds is 7. The number of hydrogen-bond donors (Lipinski definition) is 2. The van der Waals surface area contributed by atoms with Gasteiger partial charge in [-0.05, 0) is 24.1 Å². The van der Waals surface area contributed by atoms with Crippen LogP contribution in [0.5, 0.6) is 0 Å². The van der Waals surface area contributed by atoms with Crippen LogP contribution in [0, 0.1) is 5.92 Å². The number of carboxylic acids is 1. The number of halogens is 1. The van der Waals surface area contributed by atoms with E-state index >= 15 is 0 Å². The quantitative estimate of drug-likeness (QED) is 0.748. The van der Waals surface area contributed by atoms with Gasteiger partial charge in [-0.25, -0.2) is 4.79 Å². The number of ether oxygens (including phenoxy) is 1. The van der Waals surface area contributed by atoms with Crippen molar-refractivity contribution >= 4 is 23.3 Å². The van der Waals surface area contributed by atoms with Gasteiger partial charge < -0.3 is 15.2 Å². The van der Waals surface area contributed by atoms with Crippen LogP contribution in [0.4, 0.5) is 5.69 Å². The van der Waals surface area contributed by atoms with Crippen molar-refractivity contribution in [1.29, 1.82) is 0 Å². The highest BCUT2D eigenvalue weighted by atomic mass is 35.5. The number of hydrogen-bond acceptors (Lipinski definition) is 3. The minimum Gasteiger partial charge on any atom is -0.478 e. The van der Waals surface area contributed by atoms with E-state index in [1.165, 1.54) is 12.1 Å². The first-order valence-corrected chi connectivity index (χ1v) is 6.23. The highest BCUT2D eigenvalue weighted by Gasteiger charge is 2.06. The Morgan fingerprint density at radius 3 is 2.78 bits per heavy atom. The summed E-state index contributed by atoms with van der Waals surface area (Å²) in [6, 6.07) is 4.61. The standard InChI is InChI=1S/C13H18ClNO3/c1-9(2)8-18-6-5-15-12-4-3-10(13(16)17)7-11(12)14/h3-4,7,9,15H,5-6,8H2,1-2H3,(H,16,17). The predicted molar refractivity (Wildman–Crippen MR) is 72.6 cm³/mol. The summed E-state index contributed by atoms with van der Waals surface area (Å²) < 4.78 is 5.42. The summed E-state index contributed by atoms with van der Waals surface area (Å²) in [5.74, 6) is -0.466. The number of benzene rings is 1. The van der Waals surface area contributed by atoms with E-state index < -0.39 is 5.97 Å². The van der Waals surface area contributed by atoms with Gasteiger partial charge in [-0.3, -0.25) is 0 Å². The highest BCUT2D eigenvalue weighted by Crippen LogP contribution is 2.22. The highest BCUT2D eigenvalue weighted by molar-refractivity contribution is 6.33. The molecule has 0 atom stereocenters. The average Bonchev–Trinajstić information content (AvgIpc) is 2.29. The zero-order valence-electron chi connectivity index (χ0n) is 10.6. The summed E-state index contributed by atoms with van der Waals surface area (Å²) >= 11 is 5.97. The van der Waals surface area contributed by atoms with E-state index in [2.05, 4.69) is 19.2 Å². The van der Waals surface area contributed by atoms with Crippen molar-refractivity contribution in [2.45, 2.75) is 13.8 Å². The SMILES string of the molecule is CC(C)COCCNc1ccc(C(=O)O)cc1Cl. The van der Waals surface area contributed by atoms with Crippen molar-refractivity contribution in [3.8, 4) is 0 Å². The van der Waals surface area contributed by atoms with Gasteiger partial charge in [-0.15, -0.1) is 0 Å². The van der Waals surface area contributed by atoms with Crippen molar-refractivity contribution in [3.05, 3.63) is 28.8 Å². The van der Waals surface area contributed by atoms with Crippen LogP contribution in [-0.2, 0) is 4.74 Å². The molecule has 1 rings (SSSR count). The van der Waals surface area contributed by atoms with E-state index in [1.54, 1.807) is 6.07 Å². The van der Waals surface area contributed by atoms with Crippen LogP contribution in [0.1, 0.15) is 24.2 Å². The summed E-state index contributed by atoms with van der Waals surface area (Å²) in [5, 5.41) is 12.3. The topological polar surface area (TPSA) is 58.6 Å². The number of nitrogens with one attached hydrogen (secondary N) is 1. The Balaban J connectivity index is 2.41. The third-order valence-corrected chi connectivity index (χ3v) is 2.54. The molecule has 0 radical (unpaired) electrons. The van der Waals surface area contributed by atoms with E-state index in [0.29, 0.717) is 24.1 Å². The zero-order valence-corrected chi connectivity index (χ0v) is 11.3. The molecule has 0 heterocycles. The smallest absolute Gasteiger partial charge is 0.335 e. The molecular weight excluding hydrogens is 254 g/mol. The van der Waals surface area contributed by atoms with Gasteiger partial charge in [0, 0.05) is 13.2 Å². The fourth-order valence-corrected chi connectivity index (χ4v) is 1.62. The first-order chi connectivity index (χ1) is 8.50. The second kappa shape index (κ2) is 7.24. The summed E-state index contributed by atoms with van der Waals surface area (Å²) in [6.07, 6.45) is 0. The molecule has 0 aliphatic rings. The molecule has 100 valence electrons. The molecule has 2 N–H and O–H groups in total. The summed E-state index contributed by atoms with van der Waals surface area (Å²) in [7, 11) is 0. The number of carboxylic acid groups (broad SMARTS) is 1. The van der Waals surface area contributed by atoms with Gasteiger partial charge in [0.2, 0.25) is 0 Å². The minimum atomic E-state index is -0.983. The Hall–Kier alpha value is -1.26. The molecule has 0 aliphatic heterocycles. The van der Waals surface area contributed by atoms with Gasteiger partial charge in [0.1, 0.15) is 0 Å². The van der Waals surface area contributed by atoms with Gasteiger partial charge in [0.15, 0.2) is 0 Å². The van der Waals surface area contributed by atoms with Crippen LogP contribution in [-0.4, -0.2) is 30.8 Å². The largest absolute Gasteiger partial charge is 0.478 e. The Kier molecular flexibility index (Phi) is 5.95. The zero-order chi connectivity index (χ0) is 13.5. The average molecular weight is 272 g/mol. The van der Waals surface area contributed by atoms with Gasteiger partial charge in [-0.1, -0.05) is 25.4 Å². The van der Waals surface area contributed by atoms with Crippen molar-refractivity contribution in [3.63, 3.8) is 0 Å². The molecule has 5 heteroatoms. The molecule has 0 spiro atoms. The van der Waals surface area contributed by atoms with Crippen LogP contribution in [0.15, 0.2) is 18.2 Å². The van der Waals surface area contributed by atoms with Crippen LogP contribution in [0.3, 0.4) is 0 Å². The number of carbonyl (C=O) groups is 1. The second-order valence-electron chi connectivity index (χ2n) is 4.40. The molecule has 0 bridgehead atoms. The first kappa shape index (κ1) is 14.8. The Morgan fingerprint density at radius 2 is 2.22 bits per heavy atom. The summed E-state index contributed by atoms with van der Waals surface area (Å²) in [6.45, 7) is 6.14. The minimum absolute atomic E-state index is 0.182. The van der Waals surface area contributed by atoms with Crippen molar-refractivity contribution in [1.82, 2.24) is 0 Å². The van der Waals surface area contributed by atoms with E-state index in [4.69, 9.17) is 21.4 Å². The lowest BCUT2D eigenvalue weighted by atomic mass is 10.2. The van der Waals surface area contributed by atoms with Crippen LogP contribution < -0.4 is 5.32 Å². The molecule has 0 unspecified atom stereocenters. The van der Waals surface area contributed by atoms with E-state index in [-0.39, 0.29) is 5.56 Å². The van der Waals surface area contributed by atoms with Crippen LogP contribution >= 0.6 is 11.6 Å². The molecule has 0 saturated carbocycles. The lowest BCUT2D eigenvalue weighted by Gasteiger charge is -2.10. The molecule has 1 aromatic carbocycles. The van der Waals surface area contributed by atoms with E-state index in [9.17, 15) is 4.79 Å². The first-order valence-electron chi connectivity index (χ1n) is 5.85.